The zero-order chi connectivity index (χ0) is 13.5. The van der Waals surface area contributed by atoms with E-state index >= 15 is 0 Å². The van der Waals surface area contributed by atoms with Crippen LogP contribution in [0.4, 0.5) is 0 Å². The molecule has 4 nitrogen and oxygen atoms in total. The molecule has 6 heteroatoms. The molecule has 0 fully saturated rings. The van der Waals surface area contributed by atoms with Crippen LogP contribution in [-0.4, -0.2) is 35.6 Å². The summed E-state index contributed by atoms with van der Waals surface area (Å²) >= 11 is 0. The summed E-state index contributed by atoms with van der Waals surface area (Å²) in [5, 5.41) is 20.6. The monoisotopic (exact) mass is 282 g/mol. The Labute approximate surface area is 107 Å². The molecule has 0 saturated carbocycles. The fraction of sp³-hybridized carbons (Fsp3) is 0.818. The van der Waals surface area contributed by atoms with E-state index in [1.807, 2.05) is 6.92 Å². The lowest BCUT2D eigenvalue weighted by Gasteiger charge is -2.47. The van der Waals surface area contributed by atoms with Crippen LogP contribution in [0.3, 0.4) is 0 Å². The topological polar surface area (TPSA) is 74.6 Å². The van der Waals surface area contributed by atoms with Crippen LogP contribution in [0.5, 0.6) is 0 Å². The van der Waals surface area contributed by atoms with Crippen LogP contribution in [-0.2, 0) is 9.05 Å². The van der Waals surface area contributed by atoms with E-state index < -0.39 is 31.4 Å². The summed E-state index contributed by atoms with van der Waals surface area (Å²) in [7, 11) is 1.38. The molecule has 0 amide bonds. The first-order chi connectivity index (χ1) is 7.43. The van der Waals surface area contributed by atoms with E-state index in [-0.39, 0.29) is 6.42 Å². The van der Waals surface area contributed by atoms with Crippen molar-refractivity contribution in [1.29, 1.82) is 0 Å². The van der Waals surface area contributed by atoms with Crippen LogP contribution < -0.4 is 0 Å². The zero-order valence-electron chi connectivity index (χ0n) is 10.3. The first-order valence-corrected chi connectivity index (χ1v) is 7.98. The van der Waals surface area contributed by atoms with E-state index in [9.17, 15) is 18.6 Å². The van der Waals surface area contributed by atoms with Crippen LogP contribution >= 0.6 is 10.7 Å². The van der Waals surface area contributed by atoms with Crippen molar-refractivity contribution < 1.29 is 18.6 Å². The molecular formula is C11H19ClO4S. The summed E-state index contributed by atoms with van der Waals surface area (Å²) in [5.41, 5.74) is -3.16. The van der Waals surface area contributed by atoms with E-state index in [2.05, 4.69) is 0 Å². The molecule has 1 aliphatic carbocycles. The highest BCUT2D eigenvalue weighted by Crippen LogP contribution is 2.46. The van der Waals surface area contributed by atoms with Gasteiger partial charge in [0, 0.05) is 16.1 Å². The van der Waals surface area contributed by atoms with Crippen molar-refractivity contribution in [3.63, 3.8) is 0 Å². The van der Waals surface area contributed by atoms with Gasteiger partial charge >= 0.3 is 0 Å². The minimum atomic E-state index is -3.79. The molecule has 0 heterocycles. The smallest absolute Gasteiger partial charge is 0.235 e. The van der Waals surface area contributed by atoms with E-state index in [0.29, 0.717) is 6.42 Å². The molecule has 1 aliphatic rings. The van der Waals surface area contributed by atoms with Crippen LogP contribution in [0.1, 0.15) is 33.6 Å². The van der Waals surface area contributed by atoms with Crippen molar-refractivity contribution in [2.45, 2.75) is 44.8 Å². The first-order valence-electron chi connectivity index (χ1n) is 5.51. The van der Waals surface area contributed by atoms with Crippen LogP contribution in [0.2, 0.25) is 0 Å². The van der Waals surface area contributed by atoms with Gasteiger partial charge in [0.15, 0.2) is 0 Å². The van der Waals surface area contributed by atoms with Gasteiger partial charge in [-0.1, -0.05) is 32.9 Å². The molecule has 0 aromatic rings. The molecule has 1 rings (SSSR count). The van der Waals surface area contributed by atoms with Crippen molar-refractivity contribution in [2.75, 3.05) is 5.75 Å². The quantitative estimate of drug-likeness (QED) is 0.606. The molecule has 0 aromatic heterocycles. The fourth-order valence-electron chi connectivity index (χ4n) is 2.49. The Hall–Kier alpha value is -0.100. The summed E-state index contributed by atoms with van der Waals surface area (Å²) in [4.78, 5) is 0. The highest BCUT2D eigenvalue weighted by Gasteiger charge is 2.49. The van der Waals surface area contributed by atoms with Crippen molar-refractivity contribution in [3.8, 4) is 0 Å². The highest BCUT2D eigenvalue weighted by molar-refractivity contribution is 8.13. The fourth-order valence-corrected chi connectivity index (χ4v) is 3.85. The molecule has 0 aromatic carbocycles. The number of rotatable bonds is 3. The van der Waals surface area contributed by atoms with Gasteiger partial charge in [-0.25, -0.2) is 8.42 Å². The van der Waals surface area contributed by atoms with E-state index in [1.165, 1.54) is 12.2 Å². The van der Waals surface area contributed by atoms with Gasteiger partial charge in [0.05, 0.1) is 17.0 Å². The first kappa shape index (κ1) is 15.0. The third-order valence-electron chi connectivity index (χ3n) is 3.55. The summed E-state index contributed by atoms with van der Waals surface area (Å²) < 4.78 is 22.1. The van der Waals surface area contributed by atoms with Gasteiger partial charge in [0.1, 0.15) is 0 Å². The minimum absolute atomic E-state index is 0.146. The van der Waals surface area contributed by atoms with Crippen LogP contribution in [0.25, 0.3) is 0 Å². The Kier molecular flexibility index (Phi) is 3.72. The number of halogens is 1. The van der Waals surface area contributed by atoms with Crippen molar-refractivity contribution >= 4 is 19.7 Å². The van der Waals surface area contributed by atoms with Gasteiger partial charge < -0.3 is 10.2 Å². The molecule has 2 unspecified atom stereocenters. The van der Waals surface area contributed by atoms with Gasteiger partial charge in [-0.2, -0.15) is 0 Å². The van der Waals surface area contributed by atoms with E-state index in [4.69, 9.17) is 10.7 Å². The highest BCUT2D eigenvalue weighted by atomic mass is 35.7. The predicted molar refractivity (Wildman–Crippen MR) is 67.4 cm³/mol. The van der Waals surface area contributed by atoms with Crippen LogP contribution in [0, 0.1) is 5.41 Å². The molecule has 0 spiro atoms. The average molecular weight is 283 g/mol. The number of hydrogen-bond acceptors (Lipinski definition) is 4. The third-order valence-corrected chi connectivity index (χ3v) is 4.72. The molecular weight excluding hydrogens is 264 g/mol. The molecule has 17 heavy (non-hydrogen) atoms. The Morgan fingerprint density at radius 3 is 2.18 bits per heavy atom. The van der Waals surface area contributed by atoms with Gasteiger partial charge in [0.25, 0.3) is 0 Å². The largest absolute Gasteiger partial charge is 0.385 e. The maximum absolute atomic E-state index is 11.1. The third kappa shape index (κ3) is 3.22. The lowest BCUT2D eigenvalue weighted by molar-refractivity contribution is -0.0784. The van der Waals surface area contributed by atoms with Gasteiger partial charge in [-0.15, -0.1) is 0 Å². The van der Waals surface area contributed by atoms with Crippen molar-refractivity contribution in [1.82, 2.24) is 0 Å². The summed E-state index contributed by atoms with van der Waals surface area (Å²) in [6, 6.07) is 0. The molecule has 2 N–H and O–H groups in total. The lowest BCUT2D eigenvalue weighted by Crippen LogP contribution is -2.52. The predicted octanol–water partition coefficient (Wildman–Crippen LogP) is 1.41. The Morgan fingerprint density at radius 1 is 1.29 bits per heavy atom. The van der Waals surface area contributed by atoms with Gasteiger partial charge in [-0.05, 0) is 12.8 Å². The second-order valence-electron chi connectivity index (χ2n) is 5.46. The lowest BCUT2D eigenvalue weighted by atomic mass is 9.63. The normalized spacial score (nSPS) is 37.1. The van der Waals surface area contributed by atoms with Crippen molar-refractivity contribution in [3.05, 3.63) is 12.2 Å². The number of aliphatic hydroxyl groups is 2. The summed E-state index contributed by atoms with van der Waals surface area (Å²) in [6.07, 6.45) is 3.48. The maximum atomic E-state index is 11.1. The summed E-state index contributed by atoms with van der Waals surface area (Å²) in [5.74, 6) is -0.540. The standard InChI is InChI=1S/C11H19ClO4S/c1-4-11(14)6-5-10(13,7-9(11,2)3)8-17(12,15)16/h5-6,13-14H,4,7-8H2,1-3H3. The van der Waals surface area contributed by atoms with Crippen molar-refractivity contribution in [2.24, 2.45) is 5.41 Å². The van der Waals surface area contributed by atoms with Crippen LogP contribution in [0.15, 0.2) is 12.2 Å². The molecule has 0 saturated heterocycles. The maximum Gasteiger partial charge on any atom is 0.235 e. The second kappa shape index (κ2) is 4.23. The Morgan fingerprint density at radius 2 is 1.82 bits per heavy atom. The van der Waals surface area contributed by atoms with E-state index in [1.54, 1.807) is 13.8 Å². The average Bonchev–Trinajstić information content (AvgIpc) is 2.08. The molecule has 0 aliphatic heterocycles. The minimum Gasteiger partial charge on any atom is -0.385 e. The molecule has 0 bridgehead atoms. The number of hydrogen-bond donors (Lipinski definition) is 2. The molecule has 100 valence electrons. The van der Waals surface area contributed by atoms with Gasteiger partial charge in [0.2, 0.25) is 9.05 Å². The van der Waals surface area contributed by atoms with E-state index in [0.717, 1.165) is 0 Å². The molecule has 2 atom stereocenters. The molecule has 0 radical (unpaired) electrons. The Balaban J connectivity index is 3.09. The second-order valence-corrected chi connectivity index (χ2v) is 8.24. The summed E-state index contributed by atoms with van der Waals surface area (Å²) in [6.45, 7) is 5.44. The Bertz CT molecular complexity index is 429. The SMILES string of the molecule is CCC1(O)C=CC(O)(CS(=O)(=O)Cl)CC1(C)C. The van der Waals surface area contributed by atoms with Gasteiger partial charge in [-0.3, -0.25) is 0 Å². The zero-order valence-corrected chi connectivity index (χ0v) is 11.8.